The molecular formula is C58H112N2O15. The zero-order chi connectivity index (χ0) is 55.1. The van der Waals surface area contributed by atoms with Gasteiger partial charge in [-0.2, -0.15) is 0 Å². The lowest BCUT2D eigenvalue weighted by Crippen LogP contribution is -2.67. The summed E-state index contributed by atoms with van der Waals surface area (Å²) in [6.07, 6.45) is 23.0. The quantitative estimate of drug-likeness (QED) is 0.0265. The van der Waals surface area contributed by atoms with Crippen LogP contribution in [0.15, 0.2) is 0 Å². The highest BCUT2D eigenvalue weighted by Gasteiger charge is 2.51. The molecule has 0 spiro atoms. The van der Waals surface area contributed by atoms with E-state index in [4.69, 9.17) is 18.9 Å². The monoisotopic (exact) mass is 1080 g/mol. The molecule has 0 unspecified atom stereocenters. The Bertz CT molecular complexity index is 1370. The van der Waals surface area contributed by atoms with Crippen molar-refractivity contribution in [2.75, 3.05) is 19.8 Å². The molecule has 2 fully saturated rings. The highest BCUT2D eigenvalue weighted by atomic mass is 16.7. The highest BCUT2D eigenvalue weighted by molar-refractivity contribution is 5.80. The molecule has 0 aromatic carbocycles. The van der Waals surface area contributed by atoms with E-state index in [9.17, 15) is 55.5 Å². The largest absolute Gasteiger partial charge is 0.394 e. The molecule has 2 amide bonds. The standard InChI is InChI=1S/C58H112N2O15/c1-4-6-8-10-12-14-16-18-20-21-22-23-24-25-27-29-31-33-35-37-39-46(65)56(71)60-44(50(66)45(64)38-36-34-32-30-28-26-19-17-15-13-11-9-7-5-2)42-72-58-54(70)53(69)55(48(41-62)74-58)75-57-49(59-43(3)63)52(68)51(67)47(40-61)73-57/h44-55,57-58,61-62,64-70H,4-42H2,1-3H3,(H,59,63)(H,60,71)/t44-,45+,46+,47+,48+,49+,50-,51+,52+,53+,54+,55-,57+,58-/m0/s1. The fourth-order valence-corrected chi connectivity index (χ4v) is 10.5. The highest BCUT2D eigenvalue weighted by Crippen LogP contribution is 2.30. The number of amides is 2. The summed E-state index contributed by atoms with van der Waals surface area (Å²) in [6.45, 7) is 3.60. The molecule has 17 nitrogen and oxygen atoms in total. The molecule has 2 aliphatic rings. The van der Waals surface area contributed by atoms with E-state index in [2.05, 4.69) is 24.5 Å². The van der Waals surface area contributed by atoms with Gasteiger partial charge in [0.2, 0.25) is 11.8 Å². The number of carbonyl (C=O) groups is 2. The summed E-state index contributed by atoms with van der Waals surface area (Å²) in [5.74, 6) is -1.37. The Morgan fingerprint density at radius 1 is 0.493 bits per heavy atom. The maximum absolute atomic E-state index is 13.4. The van der Waals surface area contributed by atoms with Gasteiger partial charge in [-0.15, -0.1) is 0 Å². The molecule has 14 atom stereocenters. The number of carbonyl (C=O) groups excluding carboxylic acids is 2. The first-order valence-electron chi connectivity index (χ1n) is 30.4. The number of hydrogen-bond donors (Lipinski definition) is 11. The summed E-state index contributed by atoms with van der Waals surface area (Å²) in [6, 6.07) is -2.67. The van der Waals surface area contributed by atoms with E-state index in [1.807, 2.05) is 0 Å². The van der Waals surface area contributed by atoms with Gasteiger partial charge < -0.3 is 75.5 Å². The molecule has 0 bridgehead atoms. The second-order valence-electron chi connectivity index (χ2n) is 22.2. The number of rotatable bonds is 48. The van der Waals surface area contributed by atoms with Crippen LogP contribution in [0.25, 0.3) is 0 Å². The number of unbranched alkanes of at least 4 members (excludes halogenated alkanes) is 32. The van der Waals surface area contributed by atoms with Crippen LogP contribution in [0.1, 0.15) is 252 Å². The average molecular weight is 1080 g/mol. The van der Waals surface area contributed by atoms with Crippen molar-refractivity contribution in [1.82, 2.24) is 10.6 Å². The third kappa shape index (κ3) is 30.0. The third-order valence-electron chi connectivity index (χ3n) is 15.4. The van der Waals surface area contributed by atoms with Crippen molar-refractivity contribution < 1.29 is 74.5 Å². The SMILES string of the molecule is CCCCCCCCCCCCCCCCCCCCCC[C@@H](O)C(=O)N[C@@H](CO[C@H]1O[C@H](CO)[C@H](O[C@H]2O[C@H](CO)[C@@H](O)[C@H](O)[C@H]2NC(C)=O)[C@H](O)[C@H]1O)[C@H](O)[C@H](O)CCCCCCCCCCCCCCCC. The summed E-state index contributed by atoms with van der Waals surface area (Å²) in [4.78, 5) is 25.4. The van der Waals surface area contributed by atoms with E-state index in [1.54, 1.807) is 0 Å². The van der Waals surface area contributed by atoms with Crippen molar-refractivity contribution in [2.24, 2.45) is 0 Å². The molecule has 2 rings (SSSR count). The number of aliphatic hydroxyl groups excluding tert-OH is 9. The number of aliphatic hydroxyl groups is 9. The lowest BCUT2D eigenvalue weighted by atomic mass is 9.95. The van der Waals surface area contributed by atoms with E-state index in [-0.39, 0.29) is 12.8 Å². The van der Waals surface area contributed by atoms with Gasteiger partial charge in [0.05, 0.1) is 32.0 Å². The van der Waals surface area contributed by atoms with Gasteiger partial charge in [-0.1, -0.05) is 232 Å². The second-order valence-corrected chi connectivity index (χ2v) is 22.2. The van der Waals surface area contributed by atoms with Crippen molar-refractivity contribution >= 4 is 11.8 Å². The molecule has 0 aliphatic carbocycles. The van der Waals surface area contributed by atoms with Crippen LogP contribution in [0.5, 0.6) is 0 Å². The molecule has 444 valence electrons. The Balaban J connectivity index is 1.88. The smallest absolute Gasteiger partial charge is 0.249 e. The Hall–Kier alpha value is -1.58. The summed E-state index contributed by atoms with van der Waals surface area (Å²) >= 11 is 0. The Morgan fingerprint density at radius 3 is 1.28 bits per heavy atom. The zero-order valence-electron chi connectivity index (χ0n) is 47.1. The lowest BCUT2D eigenvalue weighted by Gasteiger charge is -2.47. The van der Waals surface area contributed by atoms with Crippen molar-refractivity contribution in [2.45, 2.75) is 338 Å². The number of hydrogen-bond acceptors (Lipinski definition) is 15. The van der Waals surface area contributed by atoms with Crippen LogP contribution in [-0.4, -0.2) is 163 Å². The summed E-state index contributed by atoms with van der Waals surface area (Å²) in [5.41, 5.74) is 0. The van der Waals surface area contributed by atoms with E-state index >= 15 is 0 Å². The Morgan fingerprint density at radius 2 is 0.880 bits per heavy atom. The predicted octanol–water partition coefficient (Wildman–Crippen LogP) is 7.42. The maximum Gasteiger partial charge on any atom is 0.249 e. The Labute approximate surface area is 453 Å². The summed E-state index contributed by atoms with van der Waals surface area (Å²) in [7, 11) is 0. The minimum atomic E-state index is -1.86. The molecule has 2 saturated heterocycles. The summed E-state index contributed by atoms with van der Waals surface area (Å²) < 4.78 is 23.2. The van der Waals surface area contributed by atoms with Crippen LogP contribution < -0.4 is 10.6 Å². The molecule has 75 heavy (non-hydrogen) atoms. The Kier molecular flexibility index (Phi) is 41.0. The first kappa shape index (κ1) is 69.5. The predicted molar refractivity (Wildman–Crippen MR) is 291 cm³/mol. The topological polar surface area (TPSA) is 277 Å². The first-order valence-corrected chi connectivity index (χ1v) is 30.4. The average Bonchev–Trinajstić information content (AvgIpc) is 3.40. The summed E-state index contributed by atoms with van der Waals surface area (Å²) in [5, 5.41) is 102. The molecule has 11 N–H and O–H groups in total. The fraction of sp³-hybridized carbons (Fsp3) is 0.966. The van der Waals surface area contributed by atoms with Gasteiger partial charge in [-0.3, -0.25) is 9.59 Å². The molecule has 0 aromatic rings. The van der Waals surface area contributed by atoms with Gasteiger partial charge >= 0.3 is 0 Å². The van der Waals surface area contributed by atoms with Gasteiger partial charge in [0.1, 0.15) is 61.0 Å². The molecule has 2 aliphatic heterocycles. The van der Waals surface area contributed by atoms with Crippen LogP contribution in [0.2, 0.25) is 0 Å². The molecule has 17 heteroatoms. The third-order valence-corrected chi connectivity index (χ3v) is 15.4. The minimum Gasteiger partial charge on any atom is -0.394 e. The van der Waals surface area contributed by atoms with Gasteiger partial charge in [-0.05, 0) is 12.8 Å². The van der Waals surface area contributed by atoms with E-state index in [0.717, 1.165) is 51.9 Å². The fourth-order valence-electron chi connectivity index (χ4n) is 10.5. The van der Waals surface area contributed by atoms with Crippen molar-refractivity contribution in [1.29, 1.82) is 0 Å². The number of ether oxygens (including phenoxy) is 4. The molecule has 2 heterocycles. The van der Waals surface area contributed by atoms with E-state index in [1.165, 1.54) is 161 Å². The second kappa shape index (κ2) is 44.2. The van der Waals surface area contributed by atoms with Gasteiger partial charge in [0, 0.05) is 6.92 Å². The van der Waals surface area contributed by atoms with Crippen LogP contribution >= 0.6 is 0 Å². The van der Waals surface area contributed by atoms with Gasteiger partial charge in [0.15, 0.2) is 12.6 Å². The van der Waals surface area contributed by atoms with Gasteiger partial charge in [0.25, 0.3) is 0 Å². The van der Waals surface area contributed by atoms with E-state index < -0.39 is 117 Å². The number of nitrogens with one attached hydrogen (secondary N) is 2. The molecular weight excluding hydrogens is 965 g/mol. The molecule has 0 saturated carbocycles. The zero-order valence-corrected chi connectivity index (χ0v) is 47.1. The van der Waals surface area contributed by atoms with Crippen LogP contribution in [0.4, 0.5) is 0 Å². The van der Waals surface area contributed by atoms with Crippen molar-refractivity contribution in [3.63, 3.8) is 0 Å². The van der Waals surface area contributed by atoms with E-state index in [0.29, 0.717) is 12.8 Å². The van der Waals surface area contributed by atoms with Crippen LogP contribution in [-0.2, 0) is 28.5 Å². The normalized spacial score (nSPS) is 25.7. The maximum atomic E-state index is 13.4. The minimum absolute atomic E-state index is 0.203. The van der Waals surface area contributed by atoms with Crippen LogP contribution in [0, 0.1) is 0 Å². The first-order chi connectivity index (χ1) is 36.3. The lowest BCUT2D eigenvalue weighted by molar-refractivity contribution is -0.347. The van der Waals surface area contributed by atoms with Crippen molar-refractivity contribution in [3.05, 3.63) is 0 Å². The molecule has 0 aromatic heterocycles. The van der Waals surface area contributed by atoms with Crippen molar-refractivity contribution in [3.8, 4) is 0 Å². The van der Waals surface area contributed by atoms with Crippen LogP contribution in [0.3, 0.4) is 0 Å². The molecule has 0 radical (unpaired) electrons. The van der Waals surface area contributed by atoms with Gasteiger partial charge in [-0.25, -0.2) is 0 Å².